The van der Waals surface area contributed by atoms with Crippen LogP contribution in [0.15, 0.2) is 58.3 Å². The van der Waals surface area contributed by atoms with Crippen LogP contribution in [0.4, 0.5) is 0 Å². The Hall–Kier alpha value is -2.39. The van der Waals surface area contributed by atoms with E-state index in [0.717, 1.165) is 47.0 Å². The predicted molar refractivity (Wildman–Crippen MR) is 118 cm³/mol. The van der Waals surface area contributed by atoms with E-state index in [1.807, 2.05) is 18.2 Å². The summed E-state index contributed by atoms with van der Waals surface area (Å²) < 4.78 is 0. The number of quaternary nitrogens is 1. The summed E-state index contributed by atoms with van der Waals surface area (Å²) in [6.45, 7) is 2.02. The van der Waals surface area contributed by atoms with Crippen molar-refractivity contribution in [1.29, 1.82) is 5.26 Å². The fourth-order valence-electron chi connectivity index (χ4n) is 3.58. The summed E-state index contributed by atoms with van der Waals surface area (Å²) in [6.07, 6.45) is 5.23. The zero-order valence-electron chi connectivity index (χ0n) is 15.8. The van der Waals surface area contributed by atoms with Gasteiger partial charge in [-0.05, 0) is 28.0 Å². The average Bonchev–Trinajstić information content (AvgIpc) is 3.25. The van der Waals surface area contributed by atoms with Crippen LogP contribution in [0.5, 0.6) is 0 Å². The summed E-state index contributed by atoms with van der Waals surface area (Å²) in [4.78, 5) is 6.40. The molecule has 1 unspecified atom stereocenters. The van der Waals surface area contributed by atoms with Gasteiger partial charge in [0.05, 0.1) is 24.8 Å². The molecule has 0 saturated carbocycles. The van der Waals surface area contributed by atoms with Crippen LogP contribution >= 0.6 is 23.1 Å². The van der Waals surface area contributed by atoms with Gasteiger partial charge in [0.2, 0.25) is 0 Å². The second-order valence-electron chi connectivity index (χ2n) is 6.97. The first-order valence-electron chi connectivity index (χ1n) is 9.40. The van der Waals surface area contributed by atoms with Crippen molar-refractivity contribution in [3.8, 4) is 17.2 Å². The number of thiophene rings is 1. The van der Waals surface area contributed by atoms with E-state index in [1.165, 1.54) is 21.7 Å². The molecule has 2 aromatic heterocycles. The van der Waals surface area contributed by atoms with E-state index < -0.39 is 0 Å². The van der Waals surface area contributed by atoms with Gasteiger partial charge in [-0.1, -0.05) is 42.5 Å². The van der Waals surface area contributed by atoms with Crippen LogP contribution in [0.1, 0.15) is 22.4 Å². The minimum absolute atomic E-state index is 0.727. The Balaban J connectivity index is 1.67. The molecule has 0 radical (unpaired) electrons. The Bertz CT molecular complexity index is 1020. The summed E-state index contributed by atoms with van der Waals surface area (Å²) in [5.41, 5.74) is 6.58. The first-order valence-corrected chi connectivity index (χ1v) is 11.3. The minimum Gasteiger partial charge on any atom is -0.333 e. The lowest BCUT2D eigenvalue weighted by Crippen LogP contribution is -3.08. The minimum atomic E-state index is 0.727. The van der Waals surface area contributed by atoms with E-state index >= 15 is 0 Å². The van der Waals surface area contributed by atoms with Gasteiger partial charge in [0.25, 0.3) is 0 Å². The van der Waals surface area contributed by atoms with Crippen LogP contribution in [0, 0.1) is 11.3 Å². The Labute approximate surface area is 174 Å². The number of nitrogens with one attached hydrogen (secondary N) is 1. The van der Waals surface area contributed by atoms with Crippen molar-refractivity contribution in [2.24, 2.45) is 0 Å². The van der Waals surface area contributed by atoms with Crippen molar-refractivity contribution in [2.75, 3.05) is 19.3 Å². The molecule has 1 aliphatic rings. The lowest BCUT2D eigenvalue weighted by Gasteiger charge is -2.25. The van der Waals surface area contributed by atoms with Gasteiger partial charge in [-0.2, -0.15) is 16.6 Å². The van der Waals surface area contributed by atoms with Gasteiger partial charge in [-0.25, -0.2) is 4.98 Å². The van der Waals surface area contributed by atoms with E-state index in [0.29, 0.717) is 0 Å². The molecule has 0 fully saturated rings. The summed E-state index contributed by atoms with van der Waals surface area (Å²) in [7, 11) is 2.21. The number of thioether (sulfide) groups is 1. The van der Waals surface area contributed by atoms with Crippen LogP contribution in [-0.4, -0.2) is 24.3 Å². The lowest BCUT2D eigenvalue weighted by atomic mass is 9.93. The maximum atomic E-state index is 9.98. The van der Waals surface area contributed by atoms with Crippen molar-refractivity contribution in [2.45, 2.75) is 18.0 Å². The molecule has 0 amide bonds. The number of nitriles is 1. The van der Waals surface area contributed by atoms with Crippen molar-refractivity contribution in [3.05, 3.63) is 75.6 Å². The van der Waals surface area contributed by atoms with Gasteiger partial charge >= 0.3 is 0 Å². The van der Waals surface area contributed by atoms with Gasteiger partial charge in [0, 0.05) is 23.3 Å². The number of aromatic nitrogens is 1. The van der Waals surface area contributed by atoms with Gasteiger partial charge < -0.3 is 4.90 Å². The van der Waals surface area contributed by atoms with E-state index in [9.17, 15) is 5.26 Å². The quantitative estimate of drug-likeness (QED) is 0.652. The number of pyridine rings is 1. The number of benzene rings is 1. The highest BCUT2D eigenvalue weighted by atomic mass is 32.2. The fraction of sp³-hybridized carbons (Fsp3) is 0.217. The normalized spacial score (nSPS) is 16.1. The number of likely N-dealkylation sites (N-methyl/N-ethyl adjacent to an activating group) is 1. The summed E-state index contributed by atoms with van der Waals surface area (Å²) in [6, 6.07) is 14.9. The zero-order valence-corrected chi connectivity index (χ0v) is 17.4. The van der Waals surface area contributed by atoms with Crippen LogP contribution in [0.3, 0.4) is 0 Å². The van der Waals surface area contributed by atoms with E-state index in [4.69, 9.17) is 4.98 Å². The second-order valence-corrected chi connectivity index (χ2v) is 8.76. The van der Waals surface area contributed by atoms with Crippen LogP contribution < -0.4 is 4.90 Å². The summed E-state index contributed by atoms with van der Waals surface area (Å²) in [5.74, 6) is 0.795. The molecule has 0 spiro atoms. The molecule has 28 heavy (non-hydrogen) atoms. The van der Waals surface area contributed by atoms with Crippen LogP contribution in [0.2, 0.25) is 0 Å². The zero-order chi connectivity index (χ0) is 19.3. The van der Waals surface area contributed by atoms with Gasteiger partial charge in [0.15, 0.2) is 0 Å². The third-order valence-corrected chi connectivity index (χ3v) is 6.58. The van der Waals surface area contributed by atoms with Gasteiger partial charge in [-0.3, -0.25) is 0 Å². The van der Waals surface area contributed by atoms with Crippen LogP contribution in [-0.2, 0) is 13.0 Å². The van der Waals surface area contributed by atoms with Gasteiger partial charge in [0.1, 0.15) is 17.6 Å². The maximum Gasteiger partial charge on any atom is 0.115 e. The molecular formula is C23H22N3S2+. The van der Waals surface area contributed by atoms with Crippen molar-refractivity contribution < 1.29 is 4.90 Å². The number of rotatable bonds is 5. The molecule has 3 heterocycles. The number of hydrogen-bond acceptors (Lipinski definition) is 4. The van der Waals surface area contributed by atoms with Crippen molar-refractivity contribution in [1.82, 2.24) is 4.98 Å². The standard InChI is InChI=1S/C23H21N3S2/c1-26-11-9-21-20(15-26)22(18-10-13-27-16-18)19(14-24)23(25-21)28-12-5-8-17-6-3-2-4-7-17/h2-8,10,13,16H,9,11-12,15H2,1H3/p+1/b8-5+. The largest absolute Gasteiger partial charge is 0.333 e. The molecule has 3 aromatic rings. The highest BCUT2D eigenvalue weighted by Crippen LogP contribution is 2.36. The number of fused-ring (bicyclic) bond motifs is 1. The molecule has 3 nitrogen and oxygen atoms in total. The van der Waals surface area contributed by atoms with Crippen molar-refractivity contribution >= 4 is 29.2 Å². The first-order chi connectivity index (χ1) is 13.8. The molecule has 1 N–H and O–H groups in total. The molecule has 1 aromatic carbocycles. The molecular weight excluding hydrogens is 382 g/mol. The third-order valence-electron chi connectivity index (χ3n) is 4.97. The maximum absolute atomic E-state index is 9.98. The van der Waals surface area contributed by atoms with E-state index in [1.54, 1.807) is 23.1 Å². The number of nitrogens with zero attached hydrogens (tertiary/aromatic N) is 2. The Morgan fingerprint density at radius 2 is 2.14 bits per heavy atom. The molecule has 1 aliphatic heterocycles. The Morgan fingerprint density at radius 1 is 1.29 bits per heavy atom. The monoisotopic (exact) mass is 404 g/mol. The topological polar surface area (TPSA) is 41.1 Å². The van der Waals surface area contributed by atoms with Gasteiger partial charge in [-0.15, -0.1) is 11.8 Å². The summed E-state index contributed by atoms with van der Waals surface area (Å²) >= 11 is 3.33. The van der Waals surface area contributed by atoms with Crippen LogP contribution in [0.25, 0.3) is 17.2 Å². The first kappa shape index (κ1) is 18.9. The highest BCUT2D eigenvalue weighted by Gasteiger charge is 2.26. The van der Waals surface area contributed by atoms with Crippen molar-refractivity contribution in [3.63, 3.8) is 0 Å². The molecule has 4 rings (SSSR count). The fourth-order valence-corrected chi connectivity index (χ4v) is 5.04. The lowest BCUT2D eigenvalue weighted by molar-refractivity contribution is -0.895. The second kappa shape index (κ2) is 8.74. The molecule has 0 bridgehead atoms. The molecule has 0 aliphatic carbocycles. The SMILES string of the molecule is C[NH+]1CCc2nc(SC/C=C/c3ccccc3)c(C#N)c(-c3ccsc3)c2C1. The Morgan fingerprint density at radius 3 is 2.89 bits per heavy atom. The van der Waals surface area contributed by atoms with E-state index in [-0.39, 0.29) is 0 Å². The predicted octanol–water partition coefficient (Wildman–Crippen LogP) is 4.06. The molecule has 140 valence electrons. The highest BCUT2D eigenvalue weighted by molar-refractivity contribution is 7.99. The van der Waals surface area contributed by atoms with E-state index in [2.05, 4.69) is 54.2 Å². The number of hydrogen-bond donors (Lipinski definition) is 1. The summed E-state index contributed by atoms with van der Waals surface area (Å²) in [5, 5.41) is 15.1. The third kappa shape index (κ3) is 4.05. The average molecular weight is 405 g/mol. The Kier molecular flexibility index (Phi) is 5.92. The molecule has 0 saturated heterocycles. The molecule has 1 atom stereocenters. The molecule has 5 heteroatoms. The smallest absolute Gasteiger partial charge is 0.115 e.